The van der Waals surface area contributed by atoms with Crippen molar-refractivity contribution >= 4 is 11.2 Å². The van der Waals surface area contributed by atoms with Gasteiger partial charge in [0, 0.05) is 11.6 Å². The van der Waals surface area contributed by atoms with Crippen molar-refractivity contribution in [3.05, 3.63) is 52.7 Å². The van der Waals surface area contributed by atoms with E-state index in [1.807, 2.05) is 6.07 Å². The van der Waals surface area contributed by atoms with Gasteiger partial charge in [-0.05, 0) is 0 Å². The van der Waals surface area contributed by atoms with E-state index in [0.29, 0.717) is 16.7 Å². The Balaban J connectivity index is 2.30. The van der Waals surface area contributed by atoms with Crippen molar-refractivity contribution in [3.8, 4) is 11.3 Å². The van der Waals surface area contributed by atoms with Gasteiger partial charge in [0.1, 0.15) is 5.69 Å². The zero-order valence-corrected chi connectivity index (χ0v) is 8.70. The molecule has 2 aromatic heterocycles. The van der Waals surface area contributed by atoms with Crippen LogP contribution in [0.3, 0.4) is 0 Å². The van der Waals surface area contributed by atoms with Crippen LogP contribution >= 0.6 is 0 Å². The average molecular weight is 229 g/mol. The first-order chi connectivity index (χ1) is 8.24. The highest BCUT2D eigenvalue weighted by Crippen LogP contribution is 2.22. The van der Waals surface area contributed by atoms with Crippen LogP contribution < -0.4 is 5.69 Å². The lowest BCUT2D eigenvalue weighted by Gasteiger charge is -2.01. The highest BCUT2D eigenvalue weighted by atomic mass is 19.1. The number of aromatic amines is 2. The minimum Gasteiger partial charge on any atom is -0.304 e. The molecule has 0 bridgehead atoms. The van der Waals surface area contributed by atoms with Crippen molar-refractivity contribution in [2.75, 3.05) is 0 Å². The first-order valence-electron chi connectivity index (χ1n) is 5.08. The molecule has 2 N–H and O–H groups in total. The van der Waals surface area contributed by atoms with E-state index < -0.39 is 11.5 Å². The minimum atomic E-state index is -0.459. The zero-order chi connectivity index (χ0) is 11.8. The molecule has 2 heterocycles. The topological polar surface area (TPSA) is 61.5 Å². The van der Waals surface area contributed by atoms with Crippen molar-refractivity contribution < 1.29 is 4.39 Å². The smallest absolute Gasteiger partial charge is 0.304 e. The van der Waals surface area contributed by atoms with E-state index in [4.69, 9.17) is 0 Å². The summed E-state index contributed by atoms with van der Waals surface area (Å²) < 4.78 is 13.8. The predicted octanol–water partition coefficient (Wildman–Crippen LogP) is 2.06. The molecule has 3 aromatic rings. The van der Waals surface area contributed by atoms with Gasteiger partial charge in [-0.3, -0.25) is 4.98 Å². The molecule has 17 heavy (non-hydrogen) atoms. The number of nitrogens with zero attached hydrogens (tertiary/aromatic N) is 1. The van der Waals surface area contributed by atoms with Gasteiger partial charge in [-0.2, -0.15) is 0 Å². The van der Waals surface area contributed by atoms with Crippen LogP contribution in [0, 0.1) is 5.82 Å². The Labute approximate surface area is 95.1 Å². The summed E-state index contributed by atoms with van der Waals surface area (Å²) in [6, 6.07) is 10.3. The summed E-state index contributed by atoms with van der Waals surface area (Å²) in [6.07, 6.45) is 0. The molecule has 5 heteroatoms. The van der Waals surface area contributed by atoms with Gasteiger partial charge >= 0.3 is 5.69 Å². The number of benzene rings is 1. The first kappa shape index (κ1) is 9.77. The maximum Gasteiger partial charge on any atom is 0.325 e. The van der Waals surface area contributed by atoms with Crippen LogP contribution in [0.5, 0.6) is 0 Å². The number of hydrogen-bond donors (Lipinski definition) is 2. The molecule has 4 nitrogen and oxygen atoms in total. The highest BCUT2D eigenvalue weighted by Gasteiger charge is 2.10. The number of hydrogen-bond acceptors (Lipinski definition) is 2. The molecule has 0 unspecified atom stereocenters. The van der Waals surface area contributed by atoms with E-state index >= 15 is 0 Å². The number of halogens is 1. The number of aromatic nitrogens is 3. The molecular formula is C12H8FN3O. The normalized spacial score (nSPS) is 10.9. The molecule has 0 radical (unpaired) electrons. The van der Waals surface area contributed by atoms with Crippen LogP contribution in [-0.2, 0) is 0 Å². The Morgan fingerprint density at radius 1 is 1.12 bits per heavy atom. The fraction of sp³-hybridized carbons (Fsp3) is 0. The third-order valence-electron chi connectivity index (χ3n) is 2.50. The maximum absolute atomic E-state index is 13.8. The molecule has 0 saturated carbocycles. The fourth-order valence-electron chi connectivity index (χ4n) is 1.74. The van der Waals surface area contributed by atoms with Gasteiger partial charge in [0.05, 0.1) is 5.52 Å². The average Bonchev–Trinajstić information content (AvgIpc) is 2.68. The first-order valence-corrected chi connectivity index (χ1v) is 5.08. The molecule has 0 fully saturated rings. The number of H-pyrrole nitrogens is 2. The van der Waals surface area contributed by atoms with E-state index in [2.05, 4.69) is 15.0 Å². The number of rotatable bonds is 1. The molecule has 0 amide bonds. The summed E-state index contributed by atoms with van der Waals surface area (Å²) in [5.41, 5.74) is 1.24. The number of pyridine rings is 1. The summed E-state index contributed by atoms with van der Waals surface area (Å²) in [5, 5.41) is 0. The van der Waals surface area contributed by atoms with E-state index in [0.717, 1.165) is 0 Å². The molecule has 0 aliphatic heterocycles. The van der Waals surface area contributed by atoms with Gasteiger partial charge < -0.3 is 4.98 Å². The van der Waals surface area contributed by atoms with Crippen LogP contribution in [0.4, 0.5) is 4.39 Å². The lowest BCUT2D eigenvalue weighted by Crippen LogP contribution is -1.99. The third-order valence-corrected chi connectivity index (χ3v) is 2.50. The van der Waals surface area contributed by atoms with E-state index in [1.54, 1.807) is 24.3 Å². The second kappa shape index (κ2) is 3.55. The molecule has 0 saturated heterocycles. The Morgan fingerprint density at radius 2 is 1.88 bits per heavy atom. The highest BCUT2D eigenvalue weighted by molar-refractivity contribution is 5.75. The van der Waals surface area contributed by atoms with Crippen LogP contribution in [-0.4, -0.2) is 15.0 Å². The van der Waals surface area contributed by atoms with Gasteiger partial charge in [0.2, 0.25) is 0 Å². The second-order valence-electron chi connectivity index (χ2n) is 3.66. The molecular weight excluding hydrogens is 221 g/mol. The summed E-state index contributed by atoms with van der Waals surface area (Å²) in [6.45, 7) is 0. The molecule has 0 aliphatic rings. The lowest BCUT2D eigenvalue weighted by molar-refractivity contribution is 0.628. The lowest BCUT2D eigenvalue weighted by atomic mass is 10.1. The monoisotopic (exact) mass is 229 g/mol. The standard InChI is InChI=1S/C12H8FN3O/c13-8-6-9-11(16-12(17)14-9)15-10(8)7-4-2-1-3-5-7/h1-6H,(H2,14,15,16,17). The molecule has 1 aromatic carbocycles. The van der Waals surface area contributed by atoms with Crippen molar-refractivity contribution in [2.45, 2.75) is 0 Å². The minimum absolute atomic E-state index is 0.230. The summed E-state index contributed by atoms with van der Waals surface area (Å²) in [4.78, 5) is 20.1. The van der Waals surface area contributed by atoms with Crippen molar-refractivity contribution in [3.63, 3.8) is 0 Å². The largest absolute Gasteiger partial charge is 0.325 e. The molecule has 0 atom stereocenters. The molecule has 3 rings (SSSR count). The van der Waals surface area contributed by atoms with Crippen molar-refractivity contribution in [1.82, 2.24) is 15.0 Å². The quantitative estimate of drug-likeness (QED) is 0.670. The number of nitrogens with one attached hydrogen (secondary N) is 2. The summed E-state index contributed by atoms with van der Waals surface area (Å²) in [7, 11) is 0. The van der Waals surface area contributed by atoms with Crippen LogP contribution in [0.15, 0.2) is 41.2 Å². The summed E-state index contributed by atoms with van der Waals surface area (Å²) in [5.74, 6) is -0.459. The van der Waals surface area contributed by atoms with Gasteiger partial charge in [-0.25, -0.2) is 14.2 Å². The van der Waals surface area contributed by atoms with E-state index in [9.17, 15) is 9.18 Å². The van der Waals surface area contributed by atoms with Gasteiger partial charge in [-0.1, -0.05) is 30.3 Å². The SMILES string of the molecule is O=c1[nH]c2cc(F)c(-c3ccccc3)nc2[nH]1. The molecule has 0 spiro atoms. The Morgan fingerprint density at radius 3 is 2.65 bits per heavy atom. The number of imidazole rings is 1. The van der Waals surface area contributed by atoms with Crippen LogP contribution in [0.25, 0.3) is 22.4 Å². The van der Waals surface area contributed by atoms with Crippen molar-refractivity contribution in [2.24, 2.45) is 0 Å². The predicted molar refractivity (Wildman–Crippen MR) is 62.1 cm³/mol. The Kier molecular flexibility index (Phi) is 2.04. The van der Waals surface area contributed by atoms with E-state index in [-0.39, 0.29) is 5.69 Å². The van der Waals surface area contributed by atoms with Crippen LogP contribution in [0.2, 0.25) is 0 Å². The fourth-order valence-corrected chi connectivity index (χ4v) is 1.74. The Hall–Kier alpha value is -2.43. The number of fused-ring (bicyclic) bond motifs is 1. The Bertz CT molecular complexity index is 730. The molecule has 0 aliphatic carbocycles. The van der Waals surface area contributed by atoms with E-state index in [1.165, 1.54) is 6.07 Å². The second-order valence-corrected chi connectivity index (χ2v) is 3.66. The maximum atomic E-state index is 13.8. The zero-order valence-electron chi connectivity index (χ0n) is 8.70. The van der Waals surface area contributed by atoms with Gasteiger partial charge in [0.15, 0.2) is 11.5 Å². The van der Waals surface area contributed by atoms with Gasteiger partial charge in [0.25, 0.3) is 0 Å². The van der Waals surface area contributed by atoms with Gasteiger partial charge in [-0.15, -0.1) is 0 Å². The molecule has 84 valence electrons. The van der Waals surface area contributed by atoms with Crippen molar-refractivity contribution in [1.29, 1.82) is 0 Å². The third kappa shape index (κ3) is 1.61. The summed E-state index contributed by atoms with van der Waals surface area (Å²) >= 11 is 0. The van der Waals surface area contributed by atoms with Crippen LogP contribution in [0.1, 0.15) is 0 Å².